The molecule has 0 aromatic rings. The third-order valence-corrected chi connectivity index (χ3v) is 5.35. The Hall–Kier alpha value is -2.11. The molecule has 0 aliphatic heterocycles. The van der Waals surface area contributed by atoms with Gasteiger partial charge in [0.25, 0.3) is 0 Å². The molecule has 6 heteroatoms. The second kappa shape index (κ2) is 18.5. The zero-order valence-electron chi connectivity index (χ0n) is 20.5. The van der Waals surface area contributed by atoms with Gasteiger partial charge in [-0.15, -0.1) is 0 Å². The fourth-order valence-electron chi connectivity index (χ4n) is 3.40. The van der Waals surface area contributed by atoms with Gasteiger partial charge in [0.05, 0.1) is 0 Å². The molecule has 6 nitrogen and oxygen atoms in total. The summed E-state index contributed by atoms with van der Waals surface area (Å²) < 4.78 is 11.4. The van der Waals surface area contributed by atoms with Crippen molar-refractivity contribution in [3.63, 3.8) is 0 Å². The molecule has 0 fully saturated rings. The smallest absolute Gasteiger partial charge is 0.333 e. The van der Waals surface area contributed by atoms with Crippen LogP contribution in [-0.4, -0.2) is 35.2 Å². The van der Waals surface area contributed by atoms with Crippen LogP contribution in [0.3, 0.4) is 0 Å². The minimum Gasteiger partial charge on any atom is -0.481 e. The number of aliphatic carboxylic acids is 1. The molecular weight excluding hydrogens is 408 g/mol. The number of rotatable bonds is 20. The fraction of sp³-hybridized carbons (Fsp3) is 0.731. The first-order chi connectivity index (χ1) is 15.2. The Balaban J connectivity index is 4.94. The van der Waals surface area contributed by atoms with E-state index in [-0.39, 0.29) is 6.42 Å². The molecule has 0 aromatic carbocycles. The van der Waals surface area contributed by atoms with Gasteiger partial charge in [-0.2, -0.15) is 0 Å². The van der Waals surface area contributed by atoms with Crippen LogP contribution in [0.2, 0.25) is 0 Å². The van der Waals surface area contributed by atoms with Crippen molar-refractivity contribution in [2.45, 2.75) is 123 Å². The lowest BCUT2D eigenvalue weighted by atomic mass is 9.99. The van der Waals surface area contributed by atoms with Crippen molar-refractivity contribution in [3.8, 4) is 0 Å². The van der Waals surface area contributed by atoms with Crippen LogP contribution >= 0.6 is 0 Å². The van der Waals surface area contributed by atoms with E-state index in [4.69, 9.17) is 14.6 Å². The van der Waals surface area contributed by atoms with Crippen LogP contribution in [0, 0.1) is 0 Å². The summed E-state index contributed by atoms with van der Waals surface area (Å²) in [5.41, 5.74) is 0.634. The number of carboxylic acid groups (broad SMARTS) is 1. The molecule has 32 heavy (non-hydrogen) atoms. The molecule has 0 bridgehead atoms. The Labute approximate surface area is 194 Å². The Morgan fingerprint density at radius 1 is 0.688 bits per heavy atom. The van der Waals surface area contributed by atoms with Gasteiger partial charge in [0.15, 0.2) is 0 Å². The predicted molar refractivity (Wildman–Crippen MR) is 127 cm³/mol. The molecule has 0 amide bonds. The van der Waals surface area contributed by atoms with E-state index < -0.39 is 30.1 Å². The molecule has 0 heterocycles. The first kappa shape index (κ1) is 29.9. The number of hydrogen-bond donors (Lipinski definition) is 1. The largest absolute Gasteiger partial charge is 0.481 e. The molecule has 0 saturated heterocycles. The van der Waals surface area contributed by atoms with Crippen molar-refractivity contribution in [1.82, 2.24) is 0 Å². The van der Waals surface area contributed by atoms with Gasteiger partial charge in [0.2, 0.25) is 0 Å². The summed E-state index contributed by atoms with van der Waals surface area (Å²) in [6.45, 7) is 12.7. The van der Waals surface area contributed by atoms with Crippen molar-refractivity contribution in [1.29, 1.82) is 0 Å². The number of carbonyl (C=O) groups is 3. The minimum absolute atomic E-state index is 0.191. The highest BCUT2D eigenvalue weighted by atomic mass is 16.6. The highest BCUT2D eigenvalue weighted by Crippen LogP contribution is 2.22. The molecule has 0 aliphatic carbocycles. The average molecular weight is 453 g/mol. The van der Waals surface area contributed by atoms with Crippen molar-refractivity contribution < 1.29 is 29.0 Å². The van der Waals surface area contributed by atoms with Crippen LogP contribution in [0.1, 0.15) is 111 Å². The number of ether oxygens (including phenoxy) is 2. The van der Waals surface area contributed by atoms with Gasteiger partial charge in [-0.3, -0.25) is 4.79 Å². The van der Waals surface area contributed by atoms with E-state index >= 15 is 0 Å². The van der Waals surface area contributed by atoms with Gasteiger partial charge in [0, 0.05) is 17.6 Å². The third-order valence-electron chi connectivity index (χ3n) is 5.35. The zero-order valence-corrected chi connectivity index (χ0v) is 20.5. The number of esters is 2. The Morgan fingerprint density at radius 2 is 1.06 bits per heavy atom. The Kier molecular flexibility index (Phi) is 17.2. The predicted octanol–water partition coefficient (Wildman–Crippen LogP) is 6.53. The molecule has 2 unspecified atom stereocenters. The van der Waals surface area contributed by atoms with Gasteiger partial charge in [-0.1, -0.05) is 71.4 Å². The normalized spacial score (nSPS) is 12.6. The van der Waals surface area contributed by atoms with Crippen LogP contribution in [0.4, 0.5) is 0 Å². The average Bonchev–Trinajstić information content (AvgIpc) is 2.73. The molecule has 0 aliphatic rings. The van der Waals surface area contributed by atoms with Crippen LogP contribution in [-0.2, 0) is 23.9 Å². The lowest BCUT2D eigenvalue weighted by molar-refractivity contribution is -0.164. The number of carbonyl (C=O) groups excluding carboxylic acids is 2. The first-order valence-electron chi connectivity index (χ1n) is 12.1. The molecule has 184 valence electrons. The third kappa shape index (κ3) is 15.7. The Morgan fingerprint density at radius 3 is 1.44 bits per heavy atom. The SMILES string of the molecule is C=C(C)C(=O)OC(CCCCCCCC)C(CCCCCCCC(=O)O)OC(=O)C(=C)C. The summed E-state index contributed by atoms with van der Waals surface area (Å²) in [4.78, 5) is 35.1. The second-order valence-corrected chi connectivity index (χ2v) is 8.70. The molecule has 2 atom stereocenters. The topological polar surface area (TPSA) is 89.9 Å². The van der Waals surface area contributed by atoms with E-state index in [2.05, 4.69) is 20.1 Å². The minimum atomic E-state index is -0.770. The van der Waals surface area contributed by atoms with Crippen molar-refractivity contribution in [2.24, 2.45) is 0 Å². The number of carboxylic acids is 1. The molecule has 1 N–H and O–H groups in total. The van der Waals surface area contributed by atoms with E-state index in [1.807, 2.05) is 0 Å². The maximum atomic E-state index is 12.2. The maximum Gasteiger partial charge on any atom is 0.333 e. The van der Waals surface area contributed by atoms with E-state index in [1.165, 1.54) is 19.3 Å². The van der Waals surface area contributed by atoms with Gasteiger partial charge in [0.1, 0.15) is 12.2 Å². The summed E-state index contributed by atoms with van der Waals surface area (Å²) >= 11 is 0. The molecule has 0 saturated carbocycles. The van der Waals surface area contributed by atoms with E-state index in [0.717, 1.165) is 44.9 Å². The zero-order chi connectivity index (χ0) is 24.4. The molecular formula is C26H44O6. The van der Waals surface area contributed by atoms with Gasteiger partial charge in [-0.05, 0) is 46.0 Å². The van der Waals surface area contributed by atoms with Crippen LogP contribution < -0.4 is 0 Å². The van der Waals surface area contributed by atoms with Crippen LogP contribution in [0.5, 0.6) is 0 Å². The summed E-state index contributed by atoms with van der Waals surface area (Å²) in [7, 11) is 0. The van der Waals surface area contributed by atoms with Gasteiger partial charge < -0.3 is 14.6 Å². The highest BCUT2D eigenvalue weighted by Gasteiger charge is 2.28. The van der Waals surface area contributed by atoms with Crippen LogP contribution in [0.15, 0.2) is 24.3 Å². The van der Waals surface area contributed by atoms with Crippen molar-refractivity contribution >= 4 is 17.9 Å². The monoisotopic (exact) mass is 452 g/mol. The molecule has 0 aromatic heterocycles. The van der Waals surface area contributed by atoms with Crippen LogP contribution in [0.25, 0.3) is 0 Å². The maximum absolute atomic E-state index is 12.2. The molecule has 0 rings (SSSR count). The lowest BCUT2D eigenvalue weighted by Gasteiger charge is -2.27. The summed E-state index contributed by atoms with van der Waals surface area (Å²) in [6, 6.07) is 0. The van der Waals surface area contributed by atoms with E-state index in [9.17, 15) is 14.4 Å². The number of hydrogen-bond acceptors (Lipinski definition) is 5. The van der Waals surface area contributed by atoms with Crippen molar-refractivity contribution in [3.05, 3.63) is 24.3 Å². The summed E-state index contributed by atoms with van der Waals surface area (Å²) in [6.07, 6.45) is 11.2. The fourth-order valence-corrected chi connectivity index (χ4v) is 3.40. The summed E-state index contributed by atoms with van der Waals surface area (Å²) in [5.74, 6) is -1.71. The van der Waals surface area contributed by atoms with Gasteiger partial charge >= 0.3 is 17.9 Å². The number of unbranched alkanes of at least 4 members (excludes halogenated alkanes) is 9. The standard InChI is InChI=1S/C26H44O6/c1-6-7-8-9-11-14-17-22(31-25(29)20(2)3)23(32-26(30)21(4)5)18-15-12-10-13-16-19-24(27)28/h22-23H,2,4,6-19H2,1,3,5H3,(H,27,28). The molecule has 0 radical (unpaired) electrons. The van der Waals surface area contributed by atoms with Crippen molar-refractivity contribution in [2.75, 3.05) is 0 Å². The highest BCUT2D eigenvalue weighted by molar-refractivity contribution is 5.88. The second-order valence-electron chi connectivity index (χ2n) is 8.70. The Bertz CT molecular complexity index is 595. The lowest BCUT2D eigenvalue weighted by Crippen LogP contribution is -2.36. The summed E-state index contributed by atoms with van der Waals surface area (Å²) in [5, 5.41) is 8.72. The quantitative estimate of drug-likeness (QED) is 0.128. The van der Waals surface area contributed by atoms with Gasteiger partial charge in [-0.25, -0.2) is 9.59 Å². The molecule has 0 spiro atoms. The first-order valence-corrected chi connectivity index (χ1v) is 12.1. The van der Waals surface area contributed by atoms with E-state index in [0.29, 0.717) is 30.4 Å². The van der Waals surface area contributed by atoms with E-state index in [1.54, 1.807) is 13.8 Å².